The molecule has 0 atom stereocenters. The van der Waals surface area contributed by atoms with Gasteiger partial charge in [-0.15, -0.1) is 24.0 Å². The maximum atomic E-state index is 11.5. The fourth-order valence-corrected chi connectivity index (χ4v) is 1.64. The SMILES string of the molecule is CCNC(=NCCCNC(=O)OC(C)(C)C)NCCCOCC.I. The number of ether oxygens (including phenoxy) is 2. The summed E-state index contributed by atoms with van der Waals surface area (Å²) in [5.41, 5.74) is -0.466. The molecule has 0 aliphatic heterocycles. The molecule has 0 saturated heterocycles. The molecule has 0 spiro atoms. The monoisotopic (exact) mass is 458 g/mol. The van der Waals surface area contributed by atoms with E-state index < -0.39 is 5.60 Å². The number of hydrogen-bond acceptors (Lipinski definition) is 4. The highest BCUT2D eigenvalue weighted by Crippen LogP contribution is 2.06. The Morgan fingerprint density at radius 3 is 2.29 bits per heavy atom. The van der Waals surface area contributed by atoms with Gasteiger partial charge in [-0.05, 0) is 47.5 Å². The van der Waals surface area contributed by atoms with Crippen LogP contribution in [0.2, 0.25) is 0 Å². The highest BCUT2D eigenvalue weighted by atomic mass is 127. The van der Waals surface area contributed by atoms with Crippen LogP contribution in [0.25, 0.3) is 0 Å². The number of halogens is 1. The number of carbonyl (C=O) groups excluding carboxylic acids is 1. The lowest BCUT2D eigenvalue weighted by molar-refractivity contribution is 0.0527. The Labute approximate surface area is 163 Å². The Kier molecular flexibility index (Phi) is 16.7. The van der Waals surface area contributed by atoms with Crippen molar-refractivity contribution in [3.05, 3.63) is 0 Å². The summed E-state index contributed by atoms with van der Waals surface area (Å²) < 4.78 is 10.5. The van der Waals surface area contributed by atoms with E-state index in [1.807, 2.05) is 34.6 Å². The van der Waals surface area contributed by atoms with Gasteiger partial charge in [0.15, 0.2) is 5.96 Å². The molecule has 144 valence electrons. The zero-order chi connectivity index (χ0) is 17.6. The van der Waals surface area contributed by atoms with Gasteiger partial charge in [-0.3, -0.25) is 4.99 Å². The first-order chi connectivity index (χ1) is 10.9. The van der Waals surface area contributed by atoms with Crippen LogP contribution in [0.5, 0.6) is 0 Å². The van der Waals surface area contributed by atoms with E-state index in [9.17, 15) is 4.79 Å². The van der Waals surface area contributed by atoms with Gasteiger partial charge in [0.1, 0.15) is 5.60 Å². The fraction of sp³-hybridized carbons (Fsp3) is 0.875. The Morgan fingerprint density at radius 1 is 1.04 bits per heavy atom. The second-order valence-electron chi connectivity index (χ2n) is 6.02. The minimum absolute atomic E-state index is 0. The summed E-state index contributed by atoms with van der Waals surface area (Å²) in [5.74, 6) is 0.793. The van der Waals surface area contributed by atoms with Gasteiger partial charge in [-0.1, -0.05) is 0 Å². The van der Waals surface area contributed by atoms with Crippen LogP contribution in [-0.4, -0.2) is 57.0 Å². The highest BCUT2D eigenvalue weighted by Gasteiger charge is 2.15. The van der Waals surface area contributed by atoms with E-state index >= 15 is 0 Å². The van der Waals surface area contributed by atoms with Crippen molar-refractivity contribution in [2.45, 2.75) is 53.1 Å². The topological polar surface area (TPSA) is 84.0 Å². The average Bonchev–Trinajstić information content (AvgIpc) is 2.44. The second-order valence-corrected chi connectivity index (χ2v) is 6.02. The number of nitrogens with one attached hydrogen (secondary N) is 3. The normalized spacial score (nSPS) is 11.5. The molecular formula is C16H35IN4O3. The molecule has 0 unspecified atom stereocenters. The lowest BCUT2D eigenvalue weighted by Crippen LogP contribution is -2.38. The van der Waals surface area contributed by atoms with Gasteiger partial charge in [-0.2, -0.15) is 0 Å². The number of alkyl carbamates (subject to hydrolysis) is 1. The molecule has 3 N–H and O–H groups in total. The smallest absolute Gasteiger partial charge is 0.407 e. The summed E-state index contributed by atoms with van der Waals surface area (Å²) in [7, 11) is 0. The Hall–Kier alpha value is -0.770. The van der Waals surface area contributed by atoms with E-state index in [0.29, 0.717) is 13.1 Å². The molecule has 0 aliphatic carbocycles. The Bertz CT molecular complexity index is 347. The van der Waals surface area contributed by atoms with Gasteiger partial charge < -0.3 is 25.4 Å². The van der Waals surface area contributed by atoms with Gasteiger partial charge in [0.2, 0.25) is 0 Å². The molecule has 1 amide bonds. The fourth-order valence-electron chi connectivity index (χ4n) is 1.64. The van der Waals surface area contributed by atoms with E-state index in [4.69, 9.17) is 9.47 Å². The summed E-state index contributed by atoms with van der Waals surface area (Å²) in [6, 6.07) is 0. The molecule has 8 heteroatoms. The third kappa shape index (κ3) is 17.6. The maximum Gasteiger partial charge on any atom is 0.407 e. The van der Waals surface area contributed by atoms with Crippen molar-refractivity contribution in [2.24, 2.45) is 4.99 Å². The van der Waals surface area contributed by atoms with Crippen LogP contribution < -0.4 is 16.0 Å². The van der Waals surface area contributed by atoms with Crippen molar-refractivity contribution in [1.29, 1.82) is 0 Å². The molecule has 24 heavy (non-hydrogen) atoms. The summed E-state index contributed by atoms with van der Waals surface area (Å²) in [6.07, 6.45) is 1.31. The van der Waals surface area contributed by atoms with Crippen molar-refractivity contribution in [3.63, 3.8) is 0 Å². The number of nitrogens with zero attached hydrogens (tertiary/aromatic N) is 1. The number of amides is 1. The molecule has 7 nitrogen and oxygen atoms in total. The zero-order valence-electron chi connectivity index (χ0n) is 15.7. The zero-order valence-corrected chi connectivity index (χ0v) is 18.1. The first-order valence-electron chi connectivity index (χ1n) is 8.45. The minimum atomic E-state index is -0.466. The predicted molar refractivity (Wildman–Crippen MR) is 109 cm³/mol. The molecule has 0 fully saturated rings. The molecule has 0 rings (SSSR count). The van der Waals surface area contributed by atoms with Crippen molar-refractivity contribution < 1.29 is 14.3 Å². The molecule has 0 radical (unpaired) electrons. The molecule has 0 aromatic carbocycles. The van der Waals surface area contributed by atoms with Gasteiger partial charge in [-0.25, -0.2) is 4.79 Å². The van der Waals surface area contributed by atoms with Gasteiger partial charge >= 0.3 is 6.09 Å². The van der Waals surface area contributed by atoms with Crippen LogP contribution in [0.1, 0.15) is 47.5 Å². The van der Waals surface area contributed by atoms with Crippen LogP contribution >= 0.6 is 24.0 Å². The average molecular weight is 458 g/mol. The van der Waals surface area contributed by atoms with Gasteiger partial charge in [0.05, 0.1) is 0 Å². The first-order valence-corrected chi connectivity index (χ1v) is 8.45. The first kappa shape index (κ1) is 25.5. The van der Waals surface area contributed by atoms with Crippen molar-refractivity contribution in [1.82, 2.24) is 16.0 Å². The van der Waals surface area contributed by atoms with Crippen LogP contribution in [0.3, 0.4) is 0 Å². The molecule has 0 aromatic rings. The summed E-state index contributed by atoms with van der Waals surface area (Å²) in [5, 5.41) is 9.17. The van der Waals surface area contributed by atoms with E-state index in [-0.39, 0.29) is 30.1 Å². The summed E-state index contributed by atoms with van der Waals surface area (Å²) in [4.78, 5) is 15.9. The van der Waals surface area contributed by atoms with E-state index in [0.717, 1.165) is 45.1 Å². The van der Waals surface area contributed by atoms with Crippen LogP contribution in [0.4, 0.5) is 4.79 Å². The van der Waals surface area contributed by atoms with E-state index in [2.05, 4.69) is 20.9 Å². The van der Waals surface area contributed by atoms with Crippen molar-refractivity contribution >= 4 is 36.0 Å². The number of carbonyl (C=O) groups is 1. The molecule has 0 aliphatic rings. The quantitative estimate of drug-likeness (QED) is 0.203. The number of guanidine groups is 1. The van der Waals surface area contributed by atoms with Crippen LogP contribution in [-0.2, 0) is 9.47 Å². The van der Waals surface area contributed by atoms with E-state index in [1.165, 1.54) is 0 Å². The highest BCUT2D eigenvalue weighted by molar-refractivity contribution is 14.0. The predicted octanol–water partition coefficient (Wildman–Crippen LogP) is 2.50. The number of rotatable bonds is 10. The van der Waals surface area contributed by atoms with Crippen molar-refractivity contribution in [2.75, 3.05) is 39.4 Å². The van der Waals surface area contributed by atoms with Crippen molar-refractivity contribution in [3.8, 4) is 0 Å². The molecular weight excluding hydrogens is 423 g/mol. The molecule has 0 heterocycles. The molecule has 0 saturated carbocycles. The number of aliphatic imine (C=N–C) groups is 1. The molecule has 0 aromatic heterocycles. The Morgan fingerprint density at radius 2 is 1.71 bits per heavy atom. The minimum Gasteiger partial charge on any atom is -0.444 e. The lowest BCUT2D eigenvalue weighted by atomic mass is 10.2. The third-order valence-corrected chi connectivity index (χ3v) is 2.58. The number of hydrogen-bond donors (Lipinski definition) is 3. The maximum absolute atomic E-state index is 11.5. The van der Waals surface area contributed by atoms with Crippen LogP contribution in [0.15, 0.2) is 4.99 Å². The van der Waals surface area contributed by atoms with Gasteiger partial charge in [0.25, 0.3) is 0 Å². The second kappa shape index (κ2) is 15.7. The lowest BCUT2D eigenvalue weighted by Gasteiger charge is -2.19. The third-order valence-electron chi connectivity index (χ3n) is 2.58. The van der Waals surface area contributed by atoms with Gasteiger partial charge in [0, 0.05) is 39.4 Å². The van der Waals surface area contributed by atoms with E-state index in [1.54, 1.807) is 0 Å². The summed E-state index contributed by atoms with van der Waals surface area (Å²) in [6.45, 7) is 13.9. The largest absolute Gasteiger partial charge is 0.444 e. The van der Waals surface area contributed by atoms with Crippen LogP contribution in [0, 0.1) is 0 Å². The molecule has 0 bridgehead atoms. The standard InChI is InChI=1S/C16H34N4O3.HI/c1-6-17-14(19-12-9-13-22-7-2)18-10-8-11-20-15(21)23-16(3,4)5;/h6-13H2,1-5H3,(H,20,21)(H2,17,18,19);1H. The summed E-state index contributed by atoms with van der Waals surface area (Å²) >= 11 is 0. The Balaban J connectivity index is 0.